The number of rotatable bonds is 7. The van der Waals surface area contributed by atoms with Crippen LogP contribution in [0.1, 0.15) is 5.56 Å². The molecule has 2 aromatic carbocycles. The Hall–Kier alpha value is -2.77. The van der Waals surface area contributed by atoms with Gasteiger partial charge in [-0.05, 0) is 35.7 Å². The number of aromatic nitrogens is 1. The van der Waals surface area contributed by atoms with E-state index in [2.05, 4.69) is 10.5 Å². The first-order valence-electron chi connectivity index (χ1n) is 8.42. The summed E-state index contributed by atoms with van der Waals surface area (Å²) in [5.74, 6) is 0.293. The topological polar surface area (TPSA) is 47.3 Å². The zero-order valence-corrected chi connectivity index (χ0v) is 15.1. The van der Waals surface area contributed by atoms with Gasteiger partial charge in [-0.25, -0.2) is 8.78 Å². The van der Waals surface area contributed by atoms with Crippen molar-refractivity contribution in [1.29, 1.82) is 0 Å². The highest BCUT2D eigenvalue weighted by Gasteiger charge is 2.12. The van der Waals surface area contributed by atoms with E-state index in [4.69, 9.17) is 9.26 Å². The van der Waals surface area contributed by atoms with Crippen molar-refractivity contribution < 1.29 is 18.0 Å². The molecule has 0 saturated carbocycles. The van der Waals surface area contributed by atoms with Crippen molar-refractivity contribution in [2.45, 2.75) is 6.54 Å². The molecule has 7 heteroatoms. The lowest BCUT2D eigenvalue weighted by molar-refractivity contribution is 0.312. The fourth-order valence-corrected chi connectivity index (χ4v) is 3.47. The minimum Gasteiger partial charge on any atom is -0.492 e. The van der Waals surface area contributed by atoms with Gasteiger partial charge in [-0.2, -0.15) is 0 Å². The summed E-state index contributed by atoms with van der Waals surface area (Å²) in [5, 5.41) is 9.98. The Labute approximate surface area is 158 Å². The van der Waals surface area contributed by atoms with Gasteiger partial charge in [-0.3, -0.25) is 0 Å². The van der Waals surface area contributed by atoms with E-state index in [1.165, 1.54) is 29.5 Å². The van der Waals surface area contributed by atoms with Gasteiger partial charge in [-0.1, -0.05) is 23.4 Å². The standard InChI is InChI=1S/C20H16F2N2O2S/c21-17-5-2-6-18(22)16(17)12-23-8-9-25-14-4-1-3-13(11-14)19-15-7-10-27-20(15)24-26-19/h1-7,10-11,23H,8-9,12H2. The Balaban J connectivity index is 1.34. The van der Waals surface area contributed by atoms with Crippen LogP contribution in [-0.4, -0.2) is 18.3 Å². The minimum atomic E-state index is -0.553. The summed E-state index contributed by atoms with van der Waals surface area (Å²) in [6, 6.07) is 13.4. The minimum absolute atomic E-state index is 0.0320. The fourth-order valence-electron chi connectivity index (χ4n) is 2.77. The normalized spacial score (nSPS) is 11.2. The quantitative estimate of drug-likeness (QED) is 0.454. The summed E-state index contributed by atoms with van der Waals surface area (Å²) in [4.78, 5) is 0.862. The van der Waals surface area contributed by atoms with Crippen LogP contribution in [0, 0.1) is 11.6 Å². The van der Waals surface area contributed by atoms with Gasteiger partial charge in [0.2, 0.25) is 0 Å². The smallest absolute Gasteiger partial charge is 0.175 e. The van der Waals surface area contributed by atoms with Crippen molar-refractivity contribution in [1.82, 2.24) is 10.5 Å². The maximum Gasteiger partial charge on any atom is 0.175 e. The monoisotopic (exact) mass is 386 g/mol. The lowest BCUT2D eigenvalue weighted by Gasteiger charge is -2.09. The van der Waals surface area contributed by atoms with Crippen LogP contribution in [0.5, 0.6) is 5.75 Å². The molecule has 2 heterocycles. The molecule has 0 spiro atoms. The first-order valence-corrected chi connectivity index (χ1v) is 9.30. The Morgan fingerprint density at radius 3 is 2.74 bits per heavy atom. The molecule has 0 aliphatic heterocycles. The highest BCUT2D eigenvalue weighted by molar-refractivity contribution is 7.16. The Morgan fingerprint density at radius 2 is 1.89 bits per heavy atom. The predicted molar refractivity (Wildman–Crippen MR) is 101 cm³/mol. The van der Waals surface area contributed by atoms with E-state index in [1.807, 2.05) is 35.7 Å². The van der Waals surface area contributed by atoms with Gasteiger partial charge in [0.25, 0.3) is 0 Å². The van der Waals surface area contributed by atoms with Crippen molar-refractivity contribution in [2.24, 2.45) is 0 Å². The summed E-state index contributed by atoms with van der Waals surface area (Å²) >= 11 is 1.53. The number of halogens is 2. The summed E-state index contributed by atoms with van der Waals surface area (Å²) in [6.07, 6.45) is 0. The average molecular weight is 386 g/mol. The molecule has 0 radical (unpaired) electrons. The van der Waals surface area contributed by atoms with Crippen LogP contribution >= 0.6 is 11.3 Å². The zero-order chi connectivity index (χ0) is 18.6. The Kier molecular flexibility index (Phi) is 5.13. The molecular formula is C20H16F2N2O2S. The van der Waals surface area contributed by atoms with Gasteiger partial charge < -0.3 is 14.6 Å². The number of nitrogens with zero attached hydrogens (tertiary/aromatic N) is 1. The summed E-state index contributed by atoms with van der Waals surface area (Å²) in [5.41, 5.74) is 0.916. The molecule has 2 aromatic heterocycles. The largest absolute Gasteiger partial charge is 0.492 e. The highest BCUT2D eigenvalue weighted by atomic mass is 32.1. The van der Waals surface area contributed by atoms with Crippen LogP contribution in [0.4, 0.5) is 8.78 Å². The second kappa shape index (κ2) is 7.85. The number of thiophene rings is 1. The first kappa shape index (κ1) is 17.6. The van der Waals surface area contributed by atoms with Crippen molar-refractivity contribution in [2.75, 3.05) is 13.2 Å². The van der Waals surface area contributed by atoms with Crippen molar-refractivity contribution in [3.8, 4) is 17.1 Å². The maximum atomic E-state index is 13.6. The Bertz CT molecular complexity index is 1040. The molecule has 0 aliphatic rings. The number of hydrogen-bond acceptors (Lipinski definition) is 5. The maximum absolute atomic E-state index is 13.6. The lowest BCUT2D eigenvalue weighted by Crippen LogP contribution is -2.21. The van der Waals surface area contributed by atoms with E-state index in [0.29, 0.717) is 24.7 Å². The SMILES string of the molecule is Fc1cccc(F)c1CNCCOc1cccc(-c2onc3sccc23)c1. The van der Waals surface area contributed by atoms with Gasteiger partial charge in [0.1, 0.15) is 24.0 Å². The van der Waals surface area contributed by atoms with Crippen LogP contribution in [0.15, 0.2) is 58.4 Å². The molecule has 0 amide bonds. The molecule has 1 N–H and O–H groups in total. The van der Waals surface area contributed by atoms with Crippen LogP contribution in [0.3, 0.4) is 0 Å². The molecule has 0 atom stereocenters. The number of nitrogens with one attached hydrogen (secondary N) is 1. The molecule has 4 aromatic rings. The third kappa shape index (κ3) is 3.84. The van der Waals surface area contributed by atoms with E-state index in [1.54, 1.807) is 0 Å². The second-order valence-electron chi connectivity index (χ2n) is 5.90. The van der Waals surface area contributed by atoms with E-state index in [9.17, 15) is 8.78 Å². The number of ether oxygens (including phenoxy) is 1. The van der Waals surface area contributed by atoms with Crippen molar-refractivity contribution >= 4 is 21.6 Å². The van der Waals surface area contributed by atoms with E-state index in [-0.39, 0.29) is 12.1 Å². The third-order valence-electron chi connectivity index (χ3n) is 4.12. The van der Waals surface area contributed by atoms with Crippen LogP contribution < -0.4 is 10.1 Å². The summed E-state index contributed by atoms with van der Waals surface area (Å²) in [7, 11) is 0. The highest BCUT2D eigenvalue weighted by Crippen LogP contribution is 2.33. The predicted octanol–water partition coefficient (Wildman–Crippen LogP) is 5.00. The molecule has 0 fully saturated rings. The molecule has 4 nitrogen and oxygen atoms in total. The molecule has 27 heavy (non-hydrogen) atoms. The van der Waals surface area contributed by atoms with Gasteiger partial charge in [0.05, 0.1) is 5.39 Å². The van der Waals surface area contributed by atoms with E-state index < -0.39 is 11.6 Å². The molecule has 0 bridgehead atoms. The molecule has 0 saturated heterocycles. The first-order chi connectivity index (χ1) is 13.2. The van der Waals surface area contributed by atoms with Crippen LogP contribution in [0.2, 0.25) is 0 Å². The molecule has 138 valence electrons. The lowest BCUT2D eigenvalue weighted by atomic mass is 10.1. The van der Waals surface area contributed by atoms with Crippen LogP contribution in [-0.2, 0) is 6.54 Å². The van der Waals surface area contributed by atoms with Crippen LogP contribution in [0.25, 0.3) is 21.5 Å². The molecular weight excluding hydrogens is 370 g/mol. The van der Waals surface area contributed by atoms with Crippen molar-refractivity contribution in [3.63, 3.8) is 0 Å². The van der Waals surface area contributed by atoms with Gasteiger partial charge in [0, 0.05) is 24.2 Å². The average Bonchev–Trinajstić information content (AvgIpc) is 3.27. The molecule has 4 rings (SSSR count). The Morgan fingerprint density at radius 1 is 1.07 bits per heavy atom. The fraction of sp³-hybridized carbons (Fsp3) is 0.150. The van der Waals surface area contributed by atoms with E-state index >= 15 is 0 Å². The summed E-state index contributed by atoms with van der Waals surface area (Å²) in [6.45, 7) is 0.926. The molecule has 0 unspecified atom stereocenters. The molecule has 0 aliphatic carbocycles. The number of fused-ring (bicyclic) bond motifs is 1. The summed E-state index contributed by atoms with van der Waals surface area (Å²) < 4.78 is 38.3. The second-order valence-corrected chi connectivity index (χ2v) is 6.80. The van der Waals surface area contributed by atoms with Gasteiger partial charge in [-0.15, -0.1) is 11.3 Å². The number of benzene rings is 2. The van der Waals surface area contributed by atoms with Crippen molar-refractivity contribution in [3.05, 3.63) is 71.1 Å². The van der Waals surface area contributed by atoms with Gasteiger partial charge in [0.15, 0.2) is 10.6 Å². The van der Waals surface area contributed by atoms with Gasteiger partial charge >= 0.3 is 0 Å². The third-order valence-corrected chi connectivity index (χ3v) is 4.91. The van der Waals surface area contributed by atoms with E-state index in [0.717, 1.165) is 15.8 Å². The number of hydrogen-bond donors (Lipinski definition) is 1. The zero-order valence-electron chi connectivity index (χ0n) is 14.2.